The first-order valence-electron chi connectivity index (χ1n) is 28.0. The molecule has 0 aliphatic rings. The minimum absolute atomic E-state index is 0.914. The maximum atomic E-state index is 6.60. The van der Waals surface area contributed by atoms with Gasteiger partial charge in [0.25, 0.3) is 0 Å². The molecule has 0 fully saturated rings. The van der Waals surface area contributed by atoms with Crippen LogP contribution < -0.4 is 0 Å². The first kappa shape index (κ1) is 46.5. The Morgan fingerprint density at radius 2 is 0.593 bits per heavy atom. The zero-order valence-electron chi connectivity index (χ0n) is 44.3. The van der Waals surface area contributed by atoms with E-state index in [0.717, 1.165) is 27.3 Å². The summed E-state index contributed by atoms with van der Waals surface area (Å²) >= 11 is 0. The molecule has 0 amide bonds. The zero-order valence-corrected chi connectivity index (χ0v) is 44.3. The fourth-order valence-corrected chi connectivity index (χ4v) is 13.4. The van der Waals surface area contributed by atoms with Gasteiger partial charge >= 0.3 is 0 Å². The van der Waals surface area contributed by atoms with Crippen LogP contribution in [0.5, 0.6) is 0 Å². The number of rotatable bonds is 5. The molecule has 0 unspecified atom stereocenters. The van der Waals surface area contributed by atoms with Gasteiger partial charge in [-0.1, -0.05) is 279 Å². The largest absolute Gasteiger partial charge is 0.455 e. The lowest BCUT2D eigenvalue weighted by Crippen LogP contribution is -1.92. The van der Waals surface area contributed by atoms with Crippen LogP contribution in [-0.4, -0.2) is 0 Å². The second kappa shape index (κ2) is 19.1. The van der Waals surface area contributed by atoms with Crippen molar-refractivity contribution in [1.29, 1.82) is 0 Å². The van der Waals surface area contributed by atoms with Crippen molar-refractivity contribution in [3.63, 3.8) is 0 Å². The Labute approximate surface area is 468 Å². The van der Waals surface area contributed by atoms with Gasteiger partial charge in [-0.3, -0.25) is 0 Å². The van der Waals surface area contributed by atoms with Crippen molar-refractivity contribution in [2.24, 2.45) is 0 Å². The number of hydrogen-bond acceptors (Lipinski definition) is 1. The van der Waals surface area contributed by atoms with E-state index < -0.39 is 0 Å². The van der Waals surface area contributed by atoms with Gasteiger partial charge in [-0.05, 0) is 161 Å². The van der Waals surface area contributed by atoms with Gasteiger partial charge in [-0.15, -0.1) is 0 Å². The highest BCUT2D eigenvalue weighted by molar-refractivity contribution is 6.30. The van der Waals surface area contributed by atoms with Crippen LogP contribution in [0.2, 0.25) is 0 Å². The Bertz CT molecular complexity index is 5220. The van der Waals surface area contributed by atoms with Gasteiger partial charge in [-0.25, -0.2) is 0 Å². The van der Waals surface area contributed by atoms with Crippen molar-refractivity contribution in [2.45, 2.75) is 0 Å². The first-order chi connectivity index (χ1) is 40.2. The van der Waals surface area contributed by atoms with Gasteiger partial charge in [0.2, 0.25) is 0 Å². The predicted octanol–water partition coefficient (Wildman–Crippen LogP) is 22.8. The molecule has 0 aliphatic carbocycles. The van der Waals surface area contributed by atoms with Crippen molar-refractivity contribution in [3.05, 3.63) is 303 Å². The number of benzene rings is 16. The normalized spacial score (nSPS) is 11.7. The molecule has 0 spiro atoms. The number of fused-ring (bicyclic) bond motifs is 14. The molecule has 17 aromatic rings. The lowest BCUT2D eigenvalue weighted by atomic mass is 9.83. The average molecular weight is 1030 g/mol. The van der Waals surface area contributed by atoms with Crippen LogP contribution in [0.15, 0.2) is 308 Å². The Balaban J connectivity index is 0.000000135. The molecule has 0 bridgehead atoms. The van der Waals surface area contributed by atoms with Crippen molar-refractivity contribution in [3.8, 4) is 55.6 Å². The molecule has 0 N–H and O–H groups in total. The van der Waals surface area contributed by atoms with Crippen molar-refractivity contribution in [2.75, 3.05) is 0 Å². The molecular weight excluding hydrogens is 977 g/mol. The third-order valence-electron chi connectivity index (χ3n) is 16.9. The minimum atomic E-state index is 0.914. The smallest absolute Gasteiger partial charge is 0.143 e. The fourth-order valence-electron chi connectivity index (χ4n) is 13.4. The average Bonchev–Trinajstić information content (AvgIpc) is 4.03. The van der Waals surface area contributed by atoms with Crippen molar-refractivity contribution in [1.82, 2.24) is 0 Å². The van der Waals surface area contributed by atoms with Gasteiger partial charge in [-0.2, -0.15) is 0 Å². The summed E-state index contributed by atoms with van der Waals surface area (Å²) in [7, 11) is 0. The molecule has 81 heavy (non-hydrogen) atoms. The van der Waals surface area contributed by atoms with Crippen LogP contribution in [-0.2, 0) is 0 Å². The zero-order chi connectivity index (χ0) is 53.4. The van der Waals surface area contributed by atoms with Gasteiger partial charge in [0, 0.05) is 16.2 Å². The first-order valence-corrected chi connectivity index (χ1v) is 28.0. The lowest BCUT2D eigenvalue weighted by Gasteiger charge is -2.20. The van der Waals surface area contributed by atoms with Gasteiger partial charge in [0.05, 0.1) is 0 Å². The van der Waals surface area contributed by atoms with Crippen LogP contribution in [0.4, 0.5) is 0 Å². The molecule has 1 aromatic heterocycles. The summed E-state index contributed by atoms with van der Waals surface area (Å²) < 4.78 is 6.60. The summed E-state index contributed by atoms with van der Waals surface area (Å²) in [6.45, 7) is 0. The van der Waals surface area contributed by atoms with Gasteiger partial charge in [0.1, 0.15) is 11.2 Å². The molecular formula is C80H50O. The second-order valence-corrected chi connectivity index (χ2v) is 21.3. The molecule has 1 heteroatoms. The van der Waals surface area contributed by atoms with Crippen LogP contribution >= 0.6 is 0 Å². The monoisotopic (exact) mass is 1030 g/mol. The van der Waals surface area contributed by atoms with E-state index in [1.807, 2.05) is 0 Å². The minimum Gasteiger partial charge on any atom is -0.455 e. The van der Waals surface area contributed by atoms with Crippen LogP contribution in [0.1, 0.15) is 0 Å². The second-order valence-electron chi connectivity index (χ2n) is 21.3. The highest BCUT2D eigenvalue weighted by Gasteiger charge is 2.23. The van der Waals surface area contributed by atoms with Crippen molar-refractivity contribution >= 4 is 108 Å². The molecule has 17 rings (SSSR count). The Hall–Kier alpha value is -10.6. The highest BCUT2D eigenvalue weighted by Crippen LogP contribution is 2.50. The summed E-state index contributed by atoms with van der Waals surface area (Å²) in [6.07, 6.45) is 0. The standard InChI is InChI=1S/C42H26O.C38H24/c1-2-12-27(13-3-1)29-15-10-16-30(26-29)39-32-18-6-8-20-34(32)40(35-21-9-7-19-33(35)39)36-22-11-23-38-41(36)37-25-24-28-14-4-5-17-31(28)42(37)43-38;1-2-13-26(14-3-1)36-31-18-8-10-20-33(31)38(34-21-11-9-19-32(34)36)35-24-27-23-22-25-12-4-5-15-28(25)37(27)30-17-7-6-16-29(30)35/h1-26H;1-24H. The predicted molar refractivity (Wildman–Crippen MR) is 347 cm³/mol. The molecule has 0 saturated heterocycles. The lowest BCUT2D eigenvalue weighted by molar-refractivity contribution is 0.673. The van der Waals surface area contributed by atoms with Crippen LogP contribution in [0, 0.1) is 0 Å². The molecule has 1 heterocycles. The Morgan fingerprint density at radius 1 is 0.185 bits per heavy atom. The van der Waals surface area contributed by atoms with E-state index in [2.05, 4.69) is 303 Å². The molecule has 0 aliphatic heterocycles. The van der Waals surface area contributed by atoms with E-state index in [0.29, 0.717) is 0 Å². The van der Waals surface area contributed by atoms with E-state index >= 15 is 0 Å². The fraction of sp³-hybridized carbons (Fsp3) is 0. The summed E-state index contributed by atoms with van der Waals surface area (Å²) in [6, 6.07) is 110. The maximum Gasteiger partial charge on any atom is 0.143 e. The van der Waals surface area contributed by atoms with E-state index in [1.54, 1.807) is 0 Å². The molecule has 0 atom stereocenters. The third kappa shape index (κ3) is 7.55. The molecule has 1 nitrogen and oxygen atoms in total. The maximum absolute atomic E-state index is 6.60. The summed E-state index contributed by atoms with van der Waals surface area (Å²) in [5, 5.41) is 22.6. The van der Waals surface area contributed by atoms with Crippen molar-refractivity contribution < 1.29 is 4.42 Å². The van der Waals surface area contributed by atoms with Gasteiger partial charge in [0.15, 0.2) is 0 Å². The summed E-state index contributed by atoms with van der Waals surface area (Å²) in [4.78, 5) is 0. The van der Waals surface area contributed by atoms with Crippen LogP contribution in [0.3, 0.4) is 0 Å². The van der Waals surface area contributed by atoms with Crippen LogP contribution in [0.25, 0.3) is 164 Å². The molecule has 16 aromatic carbocycles. The molecule has 376 valence electrons. The summed E-state index contributed by atoms with van der Waals surface area (Å²) in [5.74, 6) is 0. The third-order valence-corrected chi connectivity index (χ3v) is 16.9. The SMILES string of the molecule is c1ccc(-c2c3ccccc3c(-c3cc4ccc5ccccc5c4c4ccccc34)c3ccccc23)cc1.c1ccc(-c2cccc(-c3c4ccccc4c(-c4cccc5oc6c7ccccc7ccc6c45)c4ccccc34)c2)cc1. The topological polar surface area (TPSA) is 13.1 Å². The van der Waals surface area contributed by atoms with E-state index in [9.17, 15) is 0 Å². The van der Waals surface area contributed by atoms with Gasteiger partial charge < -0.3 is 4.42 Å². The van der Waals surface area contributed by atoms with E-state index in [-0.39, 0.29) is 0 Å². The Morgan fingerprint density at radius 3 is 1.20 bits per heavy atom. The summed E-state index contributed by atoms with van der Waals surface area (Å²) in [5.41, 5.74) is 14.4. The molecule has 0 saturated carbocycles. The molecule has 0 radical (unpaired) electrons. The highest BCUT2D eigenvalue weighted by atomic mass is 16.3. The van der Waals surface area contributed by atoms with E-state index in [4.69, 9.17) is 4.42 Å². The van der Waals surface area contributed by atoms with E-state index in [1.165, 1.54) is 136 Å². The number of hydrogen-bond donors (Lipinski definition) is 0. The Kier molecular flexibility index (Phi) is 11.0. The quantitative estimate of drug-likeness (QED) is 0.124. The number of furan rings is 1.